The predicted molar refractivity (Wildman–Crippen MR) is 116 cm³/mol. The van der Waals surface area contributed by atoms with Gasteiger partial charge in [-0.2, -0.15) is 4.31 Å². The number of aryl methyl sites for hydroxylation is 1. The van der Waals surface area contributed by atoms with E-state index in [0.29, 0.717) is 24.5 Å². The molecular formula is C20H21Cl3N2O3S. The summed E-state index contributed by atoms with van der Waals surface area (Å²) in [4.78, 5) is 14.1. The minimum absolute atomic E-state index is 0.0341. The summed E-state index contributed by atoms with van der Waals surface area (Å²) >= 11 is 18.0. The molecule has 1 fully saturated rings. The molecular weight excluding hydrogens is 455 g/mol. The van der Waals surface area contributed by atoms with E-state index in [1.807, 2.05) is 24.3 Å². The Labute approximate surface area is 186 Å². The molecule has 0 aliphatic carbocycles. The van der Waals surface area contributed by atoms with Crippen LogP contribution >= 0.6 is 34.8 Å². The summed E-state index contributed by atoms with van der Waals surface area (Å²) in [5, 5.41) is 0.882. The Bertz CT molecular complexity index is 953. The number of sulfonamides is 1. The minimum Gasteiger partial charge on any atom is -0.340 e. The maximum Gasteiger partial charge on any atom is 0.246 e. The van der Waals surface area contributed by atoms with Crippen molar-refractivity contribution in [3.8, 4) is 0 Å². The van der Waals surface area contributed by atoms with E-state index in [0.717, 1.165) is 18.4 Å². The van der Waals surface area contributed by atoms with Crippen LogP contribution in [0.3, 0.4) is 0 Å². The molecule has 1 aliphatic heterocycles. The SMILES string of the molecule is O=C(CCCc1ccc(Cl)cc1)N1CCN(S(=O)(=O)c2c(Cl)cccc2Cl)CC1. The second-order valence-electron chi connectivity index (χ2n) is 6.82. The Balaban J connectivity index is 1.53. The fourth-order valence-electron chi connectivity index (χ4n) is 3.29. The van der Waals surface area contributed by atoms with Crippen LogP contribution in [0.1, 0.15) is 18.4 Å². The van der Waals surface area contributed by atoms with Gasteiger partial charge in [-0.15, -0.1) is 0 Å². The molecule has 3 rings (SSSR count). The normalized spacial score (nSPS) is 15.5. The molecule has 9 heteroatoms. The van der Waals surface area contributed by atoms with Gasteiger partial charge in [-0.3, -0.25) is 4.79 Å². The number of amides is 1. The molecule has 0 saturated carbocycles. The summed E-state index contributed by atoms with van der Waals surface area (Å²) in [6.07, 6.45) is 1.95. The molecule has 0 bridgehead atoms. The lowest BCUT2D eigenvalue weighted by Gasteiger charge is -2.34. The van der Waals surface area contributed by atoms with Crippen LogP contribution in [0.2, 0.25) is 15.1 Å². The van der Waals surface area contributed by atoms with E-state index >= 15 is 0 Å². The van der Waals surface area contributed by atoms with Crippen LogP contribution in [0.4, 0.5) is 0 Å². The predicted octanol–water partition coefficient (Wildman–Crippen LogP) is 4.50. The van der Waals surface area contributed by atoms with Crippen LogP contribution in [-0.2, 0) is 21.2 Å². The summed E-state index contributed by atoms with van der Waals surface area (Å²) < 4.78 is 27.1. The van der Waals surface area contributed by atoms with Gasteiger partial charge in [0.2, 0.25) is 15.9 Å². The van der Waals surface area contributed by atoms with Crippen molar-refractivity contribution in [1.82, 2.24) is 9.21 Å². The van der Waals surface area contributed by atoms with Gasteiger partial charge in [-0.25, -0.2) is 8.42 Å². The monoisotopic (exact) mass is 474 g/mol. The zero-order valence-corrected chi connectivity index (χ0v) is 18.7. The van der Waals surface area contributed by atoms with Crippen molar-refractivity contribution < 1.29 is 13.2 Å². The second-order valence-corrected chi connectivity index (χ2v) is 9.94. The van der Waals surface area contributed by atoms with E-state index in [1.54, 1.807) is 11.0 Å². The van der Waals surface area contributed by atoms with Gasteiger partial charge in [0.1, 0.15) is 4.90 Å². The Hall–Kier alpha value is -1.31. The van der Waals surface area contributed by atoms with Crippen molar-refractivity contribution in [3.63, 3.8) is 0 Å². The number of hydrogen-bond donors (Lipinski definition) is 0. The molecule has 156 valence electrons. The smallest absolute Gasteiger partial charge is 0.246 e. The third-order valence-electron chi connectivity index (χ3n) is 4.88. The first-order chi connectivity index (χ1) is 13.8. The van der Waals surface area contributed by atoms with Crippen molar-refractivity contribution in [2.75, 3.05) is 26.2 Å². The molecule has 1 heterocycles. The van der Waals surface area contributed by atoms with E-state index in [2.05, 4.69) is 0 Å². The van der Waals surface area contributed by atoms with Crippen molar-refractivity contribution in [3.05, 3.63) is 63.1 Å². The lowest BCUT2D eigenvalue weighted by molar-refractivity contribution is -0.132. The van der Waals surface area contributed by atoms with Crippen molar-refractivity contribution >= 4 is 50.7 Å². The minimum atomic E-state index is -3.81. The van der Waals surface area contributed by atoms with E-state index in [1.165, 1.54) is 16.4 Å². The van der Waals surface area contributed by atoms with Crippen LogP contribution in [0.15, 0.2) is 47.4 Å². The van der Waals surface area contributed by atoms with Crippen LogP contribution in [-0.4, -0.2) is 49.7 Å². The molecule has 2 aromatic carbocycles. The van der Waals surface area contributed by atoms with E-state index in [4.69, 9.17) is 34.8 Å². The van der Waals surface area contributed by atoms with Crippen LogP contribution in [0.25, 0.3) is 0 Å². The maximum atomic E-state index is 12.9. The second kappa shape index (κ2) is 9.67. The summed E-state index contributed by atoms with van der Waals surface area (Å²) in [5.74, 6) is 0.0341. The van der Waals surface area contributed by atoms with Gasteiger partial charge >= 0.3 is 0 Å². The maximum absolute atomic E-state index is 12.9. The van der Waals surface area contributed by atoms with Gasteiger partial charge < -0.3 is 4.90 Å². The average molecular weight is 476 g/mol. The third kappa shape index (κ3) is 5.44. The first-order valence-corrected chi connectivity index (χ1v) is 11.8. The topological polar surface area (TPSA) is 57.7 Å². The lowest BCUT2D eigenvalue weighted by Crippen LogP contribution is -2.50. The lowest BCUT2D eigenvalue weighted by atomic mass is 10.1. The molecule has 0 N–H and O–H groups in total. The summed E-state index contributed by atoms with van der Waals surface area (Å²) in [5.41, 5.74) is 1.13. The van der Waals surface area contributed by atoms with Gasteiger partial charge in [-0.05, 0) is 42.7 Å². The summed E-state index contributed by atoms with van der Waals surface area (Å²) in [6.45, 7) is 1.13. The molecule has 0 radical (unpaired) electrons. The largest absolute Gasteiger partial charge is 0.340 e. The number of carbonyl (C=O) groups excluding carboxylic acids is 1. The fraction of sp³-hybridized carbons (Fsp3) is 0.350. The highest BCUT2D eigenvalue weighted by Gasteiger charge is 2.32. The van der Waals surface area contributed by atoms with E-state index in [9.17, 15) is 13.2 Å². The van der Waals surface area contributed by atoms with Crippen LogP contribution in [0, 0.1) is 0 Å². The average Bonchev–Trinajstić information content (AvgIpc) is 2.69. The van der Waals surface area contributed by atoms with Gasteiger partial charge in [0, 0.05) is 37.6 Å². The van der Waals surface area contributed by atoms with E-state index in [-0.39, 0.29) is 33.9 Å². The molecule has 5 nitrogen and oxygen atoms in total. The van der Waals surface area contributed by atoms with E-state index < -0.39 is 10.0 Å². The quantitative estimate of drug-likeness (QED) is 0.618. The highest BCUT2D eigenvalue weighted by molar-refractivity contribution is 7.89. The third-order valence-corrected chi connectivity index (χ3v) is 7.98. The first kappa shape index (κ1) is 22.4. The number of halogens is 3. The number of carbonyl (C=O) groups is 1. The molecule has 0 spiro atoms. The number of benzene rings is 2. The molecule has 2 aromatic rings. The van der Waals surface area contributed by atoms with Crippen LogP contribution < -0.4 is 0 Å². The molecule has 0 atom stereocenters. The molecule has 1 saturated heterocycles. The van der Waals surface area contributed by atoms with Gasteiger partial charge in [0.05, 0.1) is 10.0 Å². The Morgan fingerprint density at radius 3 is 2.07 bits per heavy atom. The highest BCUT2D eigenvalue weighted by Crippen LogP contribution is 2.31. The molecule has 1 aliphatic rings. The molecule has 0 aromatic heterocycles. The first-order valence-electron chi connectivity index (χ1n) is 9.25. The van der Waals surface area contributed by atoms with Crippen molar-refractivity contribution in [1.29, 1.82) is 0 Å². The van der Waals surface area contributed by atoms with Gasteiger partial charge in [0.25, 0.3) is 0 Å². The van der Waals surface area contributed by atoms with Gasteiger partial charge in [0.15, 0.2) is 0 Å². The standard InChI is InChI=1S/C20H21Cl3N2O3S/c21-16-9-7-15(8-10-16)3-1-6-19(26)24-11-13-25(14-12-24)29(27,28)20-17(22)4-2-5-18(20)23/h2,4-5,7-10H,1,3,6,11-14H2. The summed E-state index contributed by atoms with van der Waals surface area (Å²) in [7, 11) is -3.81. The Kier molecular flexibility index (Phi) is 7.46. The van der Waals surface area contributed by atoms with Gasteiger partial charge in [-0.1, -0.05) is 53.0 Å². The zero-order valence-electron chi connectivity index (χ0n) is 15.7. The number of piperazine rings is 1. The molecule has 1 amide bonds. The fourth-order valence-corrected chi connectivity index (χ4v) is 5.93. The summed E-state index contributed by atoms with van der Waals surface area (Å²) in [6, 6.07) is 12.2. The van der Waals surface area contributed by atoms with Crippen molar-refractivity contribution in [2.45, 2.75) is 24.2 Å². The van der Waals surface area contributed by atoms with Crippen LogP contribution in [0.5, 0.6) is 0 Å². The number of rotatable bonds is 6. The number of hydrogen-bond acceptors (Lipinski definition) is 3. The highest BCUT2D eigenvalue weighted by atomic mass is 35.5. The molecule has 29 heavy (non-hydrogen) atoms. The number of nitrogens with zero attached hydrogens (tertiary/aromatic N) is 2. The Morgan fingerprint density at radius 1 is 0.897 bits per heavy atom. The molecule has 0 unspecified atom stereocenters. The van der Waals surface area contributed by atoms with Crippen molar-refractivity contribution in [2.24, 2.45) is 0 Å². The zero-order chi connectivity index (χ0) is 21.0. The Morgan fingerprint density at radius 2 is 1.48 bits per heavy atom.